The Kier molecular flexibility index (Phi) is 7.96. The number of amides is 1. The minimum absolute atomic E-state index is 0.0255. The van der Waals surface area contributed by atoms with Crippen LogP contribution in [0.2, 0.25) is 0 Å². The van der Waals surface area contributed by atoms with Crippen LogP contribution in [0.3, 0.4) is 0 Å². The third kappa shape index (κ3) is 6.06. The molecule has 1 saturated heterocycles. The van der Waals surface area contributed by atoms with E-state index in [1.807, 2.05) is 37.3 Å². The fourth-order valence-corrected chi connectivity index (χ4v) is 5.63. The zero-order chi connectivity index (χ0) is 25.7. The molecule has 0 aromatic heterocycles. The van der Waals surface area contributed by atoms with Gasteiger partial charge < -0.3 is 10.1 Å². The van der Waals surface area contributed by atoms with Gasteiger partial charge in [-0.05, 0) is 92.9 Å². The summed E-state index contributed by atoms with van der Waals surface area (Å²) in [5.41, 5.74) is 3.59. The fraction of sp³-hybridized carbons (Fsp3) is 0.321. The summed E-state index contributed by atoms with van der Waals surface area (Å²) in [7, 11) is -2.21. The molecule has 4 rings (SSSR count). The molecule has 1 atom stereocenters. The Balaban J connectivity index is 1.52. The van der Waals surface area contributed by atoms with Crippen LogP contribution in [0.1, 0.15) is 45.9 Å². The van der Waals surface area contributed by atoms with E-state index in [0.717, 1.165) is 42.8 Å². The third-order valence-electron chi connectivity index (χ3n) is 6.57. The number of sulfonamides is 1. The minimum atomic E-state index is -3.85. The van der Waals surface area contributed by atoms with Gasteiger partial charge in [0.2, 0.25) is 0 Å². The summed E-state index contributed by atoms with van der Waals surface area (Å²) < 4.78 is 33.9. The molecule has 8 heteroatoms. The zero-order valence-electron chi connectivity index (χ0n) is 21.0. The van der Waals surface area contributed by atoms with E-state index in [9.17, 15) is 13.2 Å². The van der Waals surface area contributed by atoms with Crippen molar-refractivity contribution >= 4 is 21.6 Å². The maximum absolute atomic E-state index is 13.2. The molecule has 0 bridgehead atoms. The molecule has 1 amide bonds. The number of likely N-dealkylation sites (tertiary alicyclic amines) is 1. The highest BCUT2D eigenvalue weighted by Crippen LogP contribution is 2.27. The molecular formula is C28H33N3O4S. The largest absolute Gasteiger partial charge is 0.497 e. The topological polar surface area (TPSA) is 87.7 Å². The first-order chi connectivity index (χ1) is 17.3. The van der Waals surface area contributed by atoms with Gasteiger partial charge >= 0.3 is 0 Å². The Labute approximate surface area is 213 Å². The van der Waals surface area contributed by atoms with Crippen LogP contribution in [0.5, 0.6) is 5.75 Å². The molecule has 1 fully saturated rings. The van der Waals surface area contributed by atoms with E-state index in [1.165, 1.54) is 12.1 Å². The number of benzene rings is 3. The van der Waals surface area contributed by atoms with Gasteiger partial charge in [-0.1, -0.05) is 30.3 Å². The van der Waals surface area contributed by atoms with Crippen LogP contribution in [-0.2, 0) is 10.0 Å². The van der Waals surface area contributed by atoms with Gasteiger partial charge in [0.15, 0.2) is 0 Å². The lowest BCUT2D eigenvalue weighted by atomic mass is 10.0. The highest BCUT2D eigenvalue weighted by Gasteiger charge is 2.25. The summed E-state index contributed by atoms with van der Waals surface area (Å²) >= 11 is 0. The van der Waals surface area contributed by atoms with Crippen LogP contribution in [0.4, 0.5) is 5.69 Å². The van der Waals surface area contributed by atoms with Gasteiger partial charge in [0.1, 0.15) is 5.75 Å². The Morgan fingerprint density at radius 2 is 1.72 bits per heavy atom. The van der Waals surface area contributed by atoms with E-state index in [-0.39, 0.29) is 16.8 Å². The number of hydrogen-bond acceptors (Lipinski definition) is 5. The smallest absolute Gasteiger partial charge is 0.261 e. The zero-order valence-corrected chi connectivity index (χ0v) is 21.8. The maximum Gasteiger partial charge on any atom is 0.261 e. The van der Waals surface area contributed by atoms with Gasteiger partial charge in [0.05, 0.1) is 18.0 Å². The molecule has 2 N–H and O–H groups in total. The van der Waals surface area contributed by atoms with Gasteiger partial charge in [-0.3, -0.25) is 14.4 Å². The highest BCUT2D eigenvalue weighted by atomic mass is 32.2. The van der Waals surface area contributed by atoms with Crippen molar-refractivity contribution in [2.24, 2.45) is 0 Å². The molecule has 0 saturated carbocycles. The molecule has 7 nitrogen and oxygen atoms in total. The van der Waals surface area contributed by atoms with Gasteiger partial charge in [-0.2, -0.15) is 0 Å². The number of ether oxygens (including phenoxy) is 1. The minimum Gasteiger partial charge on any atom is -0.497 e. The second-order valence-corrected chi connectivity index (χ2v) is 10.9. The number of hydrogen-bond donors (Lipinski definition) is 2. The third-order valence-corrected chi connectivity index (χ3v) is 7.95. The summed E-state index contributed by atoms with van der Waals surface area (Å²) in [6, 6.07) is 19.7. The summed E-state index contributed by atoms with van der Waals surface area (Å²) in [5.74, 6) is 0.494. The number of rotatable bonds is 9. The summed E-state index contributed by atoms with van der Waals surface area (Å²) in [4.78, 5) is 15.7. The number of nitrogens with one attached hydrogen (secondary N) is 2. The van der Waals surface area contributed by atoms with E-state index in [2.05, 4.69) is 14.9 Å². The monoisotopic (exact) mass is 507 g/mol. The molecular weight excluding hydrogens is 474 g/mol. The first kappa shape index (κ1) is 25.7. The standard InChI is InChI=1S/C28H33N3O4S/c1-20-7-6-8-23(17-20)30-36(33,34)25-14-9-21(2)26(18-25)28(32)29-19-27(31-15-4-5-16-31)22-10-12-24(35-3)13-11-22/h6-14,17-18,27,30H,4-5,15-16,19H2,1-3H3,(H,29,32). The van der Waals surface area contributed by atoms with Gasteiger partial charge in [-0.15, -0.1) is 0 Å². The van der Waals surface area contributed by atoms with Gasteiger partial charge in [0.25, 0.3) is 15.9 Å². The van der Waals surface area contributed by atoms with Crippen molar-refractivity contribution < 1.29 is 17.9 Å². The van der Waals surface area contributed by atoms with Crippen molar-refractivity contribution in [3.05, 3.63) is 89.0 Å². The Bertz CT molecular complexity index is 1320. The first-order valence-electron chi connectivity index (χ1n) is 12.1. The predicted molar refractivity (Wildman–Crippen MR) is 142 cm³/mol. The Morgan fingerprint density at radius 3 is 2.39 bits per heavy atom. The highest BCUT2D eigenvalue weighted by molar-refractivity contribution is 7.92. The number of anilines is 1. The number of methoxy groups -OCH3 is 1. The lowest BCUT2D eigenvalue weighted by Gasteiger charge is -2.28. The van der Waals surface area contributed by atoms with Crippen LogP contribution in [0, 0.1) is 13.8 Å². The lowest BCUT2D eigenvalue weighted by molar-refractivity contribution is 0.0937. The molecule has 36 heavy (non-hydrogen) atoms. The van der Waals surface area contributed by atoms with Crippen LogP contribution < -0.4 is 14.8 Å². The fourth-order valence-electron chi connectivity index (χ4n) is 4.56. The molecule has 190 valence electrons. The summed E-state index contributed by atoms with van der Waals surface area (Å²) in [6.45, 7) is 6.07. The van der Waals surface area contributed by atoms with Gasteiger partial charge in [-0.25, -0.2) is 8.42 Å². The first-order valence-corrected chi connectivity index (χ1v) is 13.6. The van der Waals surface area contributed by atoms with Crippen LogP contribution in [-0.4, -0.2) is 46.0 Å². The van der Waals surface area contributed by atoms with Crippen LogP contribution in [0.25, 0.3) is 0 Å². The van der Waals surface area contributed by atoms with Crippen molar-refractivity contribution in [2.75, 3.05) is 31.5 Å². The normalized spacial score (nSPS) is 14.9. The molecule has 1 heterocycles. The van der Waals surface area contributed by atoms with E-state index < -0.39 is 10.0 Å². The number of carbonyl (C=O) groups is 1. The van der Waals surface area contributed by atoms with E-state index in [0.29, 0.717) is 23.4 Å². The molecule has 0 radical (unpaired) electrons. The summed E-state index contributed by atoms with van der Waals surface area (Å²) in [6.07, 6.45) is 2.26. The number of aryl methyl sites for hydroxylation is 2. The van der Waals surface area contributed by atoms with Crippen molar-refractivity contribution in [1.29, 1.82) is 0 Å². The average molecular weight is 508 g/mol. The van der Waals surface area contributed by atoms with E-state index >= 15 is 0 Å². The Morgan fingerprint density at radius 1 is 1.00 bits per heavy atom. The van der Waals surface area contributed by atoms with Crippen molar-refractivity contribution in [3.63, 3.8) is 0 Å². The van der Waals surface area contributed by atoms with Gasteiger partial charge in [0, 0.05) is 17.8 Å². The van der Waals surface area contributed by atoms with Crippen molar-refractivity contribution in [2.45, 2.75) is 37.6 Å². The molecule has 1 aliphatic rings. The molecule has 3 aromatic carbocycles. The molecule has 3 aromatic rings. The molecule has 1 unspecified atom stereocenters. The quantitative estimate of drug-likeness (QED) is 0.439. The number of nitrogens with zero attached hydrogens (tertiary/aromatic N) is 1. The Hall–Kier alpha value is -3.36. The second-order valence-electron chi connectivity index (χ2n) is 9.19. The van der Waals surface area contributed by atoms with Crippen molar-refractivity contribution in [1.82, 2.24) is 10.2 Å². The molecule has 1 aliphatic heterocycles. The molecule has 0 spiro atoms. The lowest BCUT2D eigenvalue weighted by Crippen LogP contribution is -2.37. The van der Waals surface area contributed by atoms with E-state index in [1.54, 1.807) is 38.3 Å². The van der Waals surface area contributed by atoms with Crippen molar-refractivity contribution in [3.8, 4) is 5.75 Å². The average Bonchev–Trinajstić information content (AvgIpc) is 3.39. The van der Waals surface area contributed by atoms with Crippen LogP contribution >= 0.6 is 0 Å². The number of carbonyl (C=O) groups excluding carboxylic acids is 1. The SMILES string of the molecule is COc1ccc(C(CNC(=O)c2cc(S(=O)(=O)Nc3cccc(C)c3)ccc2C)N2CCCC2)cc1. The van der Waals surface area contributed by atoms with E-state index in [4.69, 9.17) is 4.74 Å². The predicted octanol–water partition coefficient (Wildman–Crippen LogP) is 4.68. The summed E-state index contributed by atoms with van der Waals surface area (Å²) in [5, 5.41) is 3.05. The van der Waals surface area contributed by atoms with Crippen LogP contribution in [0.15, 0.2) is 71.6 Å². The maximum atomic E-state index is 13.2. The molecule has 0 aliphatic carbocycles. The second kappa shape index (κ2) is 11.1.